The number of hydrogen-bond acceptors (Lipinski definition) is 3. The van der Waals surface area contributed by atoms with Gasteiger partial charge in [0.2, 0.25) is 5.82 Å². The molecule has 33 heavy (non-hydrogen) atoms. The van der Waals surface area contributed by atoms with Crippen molar-refractivity contribution >= 4 is 5.97 Å². The second-order valence-electron chi connectivity index (χ2n) is 7.56. The largest absolute Gasteiger partial charge is 0.494 e. The van der Waals surface area contributed by atoms with E-state index in [1.165, 1.54) is 49.9 Å². The lowest BCUT2D eigenvalue weighted by molar-refractivity contribution is 0.0726. The molecular formula is C28H26F2O3. The Morgan fingerprint density at radius 2 is 1.45 bits per heavy atom. The van der Waals surface area contributed by atoms with Crippen molar-refractivity contribution in [1.29, 1.82) is 0 Å². The van der Waals surface area contributed by atoms with E-state index >= 15 is 0 Å². The number of unbranched alkanes of at least 4 members (excludes halogenated alkanes) is 4. The molecule has 0 atom stereocenters. The second-order valence-corrected chi connectivity index (χ2v) is 7.56. The van der Waals surface area contributed by atoms with Crippen molar-refractivity contribution in [3.05, 3.63) is 95.1 Å². The molecule has 3 rings (SSSR count). The summed E-state index contributed by atoms with van der Waals surface area (Å²) >= 11 is 0. The number of esters is 1. The van der Waals surface area contributed by atoms with E-state index in [9.17, 15) is 13.6 Å². The van der Waals surface area contributed by atoms with Crippen LogP contribution in [0.5, 0.6) is 11.5 Å². The van der Waals surface area contributed by atoms with E-state index in [2.05, 4.69) is 18.8 Å². The first kappa shape index (κ1) is 24.0. The van der Waals surface area contributed by atoms with E-state index in [0.29, 0.717) is 5.56 Å². The van der Waals surface area contributed by atoms with Crippen LogP contribution >= 0.6 is 0 Å². The van der Waals surface area contributed by atoms with Crippen LogP contribution in [-0.4, -0.2) is 12.6 Å². The molecule has 0 bridgehead atoms. The summed E-state index contributed by atoms with van der Waals surface area (Å²) in [6.07, 6.45) is 6.01. The van der Waals surface area contributed by atoms with E-state index in [1.54, 1.807) is 12.1 Å². The maximum Gasteiger partial charge on any atom is 0.343 e. The van der Waals surface area contributed by atoms with Crippen LogP contribution in [-0.2, 0) is 0 Å². The Morgan fingerprint density at radius 1 is 0.818 bits per heavy atom. The van der Waals surface area contributed by atoms with Crippen LogP contribution in [0.1, 0.15) is 60.5 Å². The maximum atomic E-state index is 13.7. The lowest BCUT2D eigenvalue weighted by Gasteiger charge is -2.06. The summed E-state index contributed by atoms with van der Waals surface area (Å²) in [5.74, 6) is 3.43. The average molecular weight is 449 g/mol. The number of rotatable bonds is 9. The van der Waals surface area contributed by atoms with Crippen molar-refractivity contribution in [2.24, 2.45) is 0 Å². The SMILES string of the molecule is CCCCCCCOc1ccc(C#Cc2ccc(C(=O)Oc3cccc(F)c3F)cc2)cc1. The van der Waals surface area contributed by atoms with E-state index < -0.39 is 23.4 Å². The molecule has 0 radical (unpaired) electrons. The summed E-state index contributed by atoms with van der Waals surface area (Å²) < 4.78 is 37.6. The summed E-state index contributed by atoms with van der Waals surface area (Å²) in [7, 11) is 0. The Kier molecular flexibility index (Phi) is 9.02. The predicted molar refractivity (Wildman–Crippen MR) is 124 cm³/mol. The number of ether oxygens (including phenoxy) is 2. The van der Waals surface area contributed by atoms with Crippen LogP contribution in [0.15, 0.2) is 66.7 Å². The normalized spacial score (nSPS) is 10.3. The molecule has 0 N–H and O–H groups in total. The maximum absolute atomic E-state index is 13.7. The summed E-state index contributed by atoms with van der Waals surface area (Å²) in [6.45, 7) is 2.92. The summed E-state index contributed by atoms with van der Waals surface area (Å²) in [4.78, 5) is 12.2. The van der Waals surface area contributed by atoms with Crippen molar-refractivity contribution < 1.29 is 23.0 Å². The highest BCUT2D eigenvalue weighted by atomic mass is 19.2. The minimum Gasteiger partial charge on any atom is -0.494 e. The van der Waals surface area contributed by atoms with Gasteiger partial charge in [-0.05, 0) is 67.1 Å². The lowest BCUT2D eigenvalue weighted by Crippen LogP contribution is -2.09. The standard InChI is InChI=1S/C28H26F2O3/c1-2-3-4-5-6-20-32-24-18-14-22(15-19-24)11-10-21-12-16-23(17-13-21)28(31)33-26-9-7-8-25(29)27(26)30/h7-9,12-19H,2-6,20H2,1H3. The fourth-order valence-corrected chi connectivity index (χ4v) is 3.09. The molecule has 0 aliphatic heterocycles. The monoisotopic (exact) mass is 448 g/mol. The molecule has 0 amide bonds. The zero-order chi connectivity index (χ0) is 23.5. The lowest BCUT2D eigenvalue weighted by atomic mass is 10.1. The number of benzene rings is 3. The molecule has 0 unspecified atom stereocenters. The molecule has 0 heterocycles. The van der Waals surface area contributed by atoms with Crippen LogP contribution in [0.4, 0.5) is 8.78 Å². The van der Waals surface area contributed by atoms with Gasteiger partial charge < -0.3 is 9.47 Å². The minimum atomic E-state index is -1.20. The molecule has 3 aromatic carbocycles. The van der Waals surface area contributed by atoms with Crippen molar-refractivity contribution in [3.8, 4) is 23.3 Å². The summed E-state index contributed by atoms with van der Waals surface area (Å²) in [5, 5.41) is 0. The zero-order valence-electron chi connectivity index (χ0n) is 18.6. The molecule has 170 valence electrons. The van der Waals surface area contributed by atoms with E-state index in [0.717, 1.165) is 30.4 Å². The van der Waals surface area contributed by atoms with Gasteiger partial charge >= 0.3 is 5.97 Å². The molecule has 0 aromatic heterocycles. The van der Waals surface area contributed by atoms with Crippen LogP contribution in [0.2, 0.25) is 0 Å². The van der Waals surface area contributed by atoms with Crippen molar-refractivity contribution in [3.63, 3.8) is 0 Å². The molecule has 0 saturated heterocycles. The second kappa shape index (κ2) is 12.4. The number of halogens is 2. The molecular weight excluding hydrogens is 422 g/mol. The zero-order valence-corrected chi connectivity index (χ0v) is 18.6. The van der Waals surface area contributed by atoms with Crippen molar-refractivity contribution in [1.82, 2.24) is 0 Å². The van der Waals surface area contributed by atoms with Crippen LogP contribution in [0, 0.1) is 23.5 Å². The molecule has 3 aromatic rings. The van der Waals surface area contributed by atoms with Crippen LogP contribution in [0.3, 0.4) is 0 Å². The van der Waals surface area contributed by atoms with Crippen LogP contribution < -0.4 is 9.47 Å². The summed E-state index contributed by atoms with van der Waals surface area (Å²) in [6, 6.07) is 17.4. The Labute approximate surface area is 193 Å². The molecule has 0 spiro atoms. The quantitative estimate of drug-likeness (QED) is 0.154. The number of carbonyl (C=O) groups excluding carboxylic acids is 1. The Morgan fingerprint density at radius 3 is 2.12 bits per heavy atom. The Balaban J connectivity index is 1.52. The van der Waals surface area contributed by atoms with Gasteiger partial charge in [0.05, 0.1) is 12.2 Å². The van der Waals surface area contributed by atoms with Gasteiger partial charge in [-0.1, -0.05) is 50.5 Å². The molecule has 0 aliphatic rings. The fraction of sp³-hybridized carbons (Fsp3) is 0.250. The molecule has 0 aliphatic carbocycles. The van der Waals surface area contributed by atoms with E-state index in [1.807, 2.05) is 24.3 Å². The molecule has 0 fully saturated rings. The van der Waals surface area contributed by atoms with Gasteiger partial charge in [0.25, 0.3) is 0 Å². The van der Waals surface area contributed by atoms with Gasteiger partial charge in [0, 0.05) is 11.1 Å². The van der Waals surface area contributed by atoms with E-state index in [-0.39, 0.29) is 5.56 Å². The smallest absolute Gasteiger partial charge is 0.343 e. The third-order valence-corrected chi connectivity index (χ3v) is 4.96. The van der Waals surface area contributed by atoms with Gasteiger partial charge in [-0.25, -0.2) is 9.18 Å². The minimum absolute atomic E-state index is 0.209. The Hall–Kier alpha value is -3.65. The first-order valence-corrected chi connectivity index (χ1v) is 11.1. The molecule has 0 saturated carbocycles. The van der Waals surface area contributed by atoms with Crippen molar-refractivity contribution in [2.75, 3.05) is 6.61 Å². The number of hydrogen-bond donors (Lipinski definition) is 0. The van der Waals surface area contributed by atoms with Gasteiger partial charge in [0.1, 0.15) is 5.75 Å². The average Bonchev–Trinajstić information content (AvgIpc) is 2.84. The van der Waals surface area contributed by atoms with Crippen LogP contribution in [0.25, 0.3) is 0 Å². The fourth-order valence-electron chi connectivity index (χ4n) is 3.09. The first-order valence-electron chi connectivity index (χ1n) is 11.1. The van der Waals surface area contributed by atoms with Gasteiger partial charge in [0.15, 0.2) is 11.6 Å². The molecule has 5 heteroatoms. The van der Waals surface area contributed by atoms with Gasteiger partial charge in [-0.3, -0.25) is 0 Å². The molecule has 3 nitrogen and oxygen atoms in total. The number of carbonyl (C=O) groups is 1. The predicted octanol–water partition coefficient (Wildman–Crippen LogP) is 6.93. The highest BCUT2D eigenvalue weighted by Crippen LogP contribution is 2.20. The van der Waals surface area contributed by atoms with Crippen molar-refractivity contribution in [2.45, 2.75) is 39.0 Å². The van der Waals surface area contributed by atoms with E-state index in [4.69, 9.17) is 9.47 Å². The van der Waals surface area contributed by atoms with Gasteiger partial charge in [-0.2, -0.15) is 4.39 Å². The Bertz CT molecular complexity index is 1110. The summed E-state index contributed by atoms with van der Waals surface area (Å²) in [5.41, 5.74) is 1.76. The first-order chi connectivity index (χ1) is 16.1. The highest BCUT2D eigenvalue weighted by molar-refractivity contribution is 5.91. The highest BCUT2D eigenvalue weighted by Gasteiger charge is 2.14. The topological polar surface area (TPSA) is 35.5 Å². The third kappa shape index (κ3) is 7.47. The van der Waals surface area contributed by atoms with Gasteiger partial charge in [-0.15, -0.1) is 0 Å². The third-order valence-electron chi connectivity index (χ3n) is 4.96.